The van der Waals surface area contributed by atoms with Crippen LogP contribution >= 0.6 is 11.6 Å². The Morgan fingerprint density at radius 1 is 1.20 bits per heavy atom. The van der Waals surface area contributed by atoms with Crippen LogP contribution in [0.15, 0.2) is 57.9 Å². The van der Waals surface area contributed by atoms with Gasteiger partial charge in [0.15, 0.2) is 0 Å². The van der Waals surface area contributed by atoms with E-state index in [-0.39, 0.29) is 23.0 Å². The van der Waals surface area contributed by atoms with Crippen molar-refractivity contribution in [1.82, 2.24) is 14.4 Å². The summed E-state index contributed by atoms with van der Waals surface area (Å²) in [5.74, 6) is 0.500. The Balaban J connectivity index is 1.55. The van der Waals surface area contributed by atoms with E-state index in [1.165, 1.54) is 22.5 Å². The fraction of sp³-hybridized carbons (Fsp3) is 0.263. The van der Waals surface area contributed by atoms with Crippen molar-refractivity contribution in [3.05, 3.63) is 69.6 Å². The largest absolute Gasteiger partial charge is 0.339 e. The van der Waals surface area contributed by atoms with Crippen molar-refractivity contribution < 1.29 is 17.9 Å². The summed E-state index contributed by atoms with van der Waals surface area (Å²) in [5.41, 5.74) is 0.473. The Morgan fingerprint density at radius 2 is 1.97 bits per heavy atom. The highest BCUT2D eigenvalue weighted by Crippen LogP contribution is 2.31. The molecule has 156 valence electrons. The van der Waals surface area contributed by atoms with Crippen LogP contribution in [-0.2, 0) is 10.0 Å². The maximum atomic E-state index is 13.0. The summed E-state index contributed by atoms with van der Waals surface area (Å²) in [5, 5.41) is 15.6. The minimum atomic E-state index is -3.88. The Labute approximate surface area is 177 Å². The third-order valence-electron chi connectivity index (χ3n) is 4.94. The number of halogens is 1. The molecule has 0 saturated carbocycles. The van der Waals surface area contributed by atoms with E-state index in [0.29, 0.717) is 36.1 Å². The number of nitro benzene ring substituents is 1. The van der Waals surface area contributed by atoms with Crippen molar-refractivity contribution in [3.63, 3.8) is 0 Å². The van der Waals surface area contributed by atoms with Crippen LogP contribution in [0.3, 0.4) is 0 Å². The molecule has 1 aromatic heterocycles. The predicted octanol–water partition coefficient (Wildman–Crippen LogP) is 3.87. The smallest absolute Gasteiger partial charge is 0.270 e. The zero-order chi connectivity index (χ0) is 21.3. The van der Waals surface area contributed by atoms with Crippen molar-refractivity contribution in [3.8, 4) is 11.4 Å². The number of rotatable bonds is 5. The van der Waals surface area contributed by atoms with E-state index in [1.54, 1.807) is 24.3 Å². The Hall–Kier alpha value is -2.82. The van der Waals surface area contributed by atoms with Crippen LogP contribution in [0.2, 0.25) is 5.02 Å². The number of nitro groups is 1. The van der Waals surface area contributed by atoms with Crippen LogP contribution in [0.5, 0.6) is 0 Å². The average molecular weight is 449 g/mol. The first-order valence-corrected chi connectivity index (χ1v) is 11.0. The lowest BCUT2D eigenvalue weighted by atomic mass is 10.00. The Bertz CT molecular complexity index is 1180. The molecule has 9 nitrogen and oxygen atoms in total. The molecule has 4 rings (SSSR count). The third-order valence-corrected chi connectivity index (χ3v) is 7.06. The molecule has 0 unspecified atom stereocenters. The van der Waals surface area contributed by atoms with Crippen molar-refractivity contribution in [2.75, 3.05) is 13.1 Å². The summed E-state index contributed by atoms with van der Waals surface area (Å²) >= 11 is 5.90. The standard InChI is InChI=1S/C19H17ClN4O5S/c20-15-8-6-13(7-9-15)18-21-19(29-22-18)14-3-2-10-23(12-14)30(27,28)17-5-1-4-16(11-17)24(25)26/h1,4-9,11,14H,2-3,10,12H2/t14-/m0/s1. The molecule has 11 heteroatoms. The number of hydrogen-bond donors (Lipinski definition) is 0. The lowest BCUT2D eigenvalue weighted by Crippen LogP contribution is -2.39. The second-order valence-electron chi connectivity index (χ2n) is 6.92. The summed E-state index contributed by atoms with van der Waals surface area (Å²) in [7, 11) is -3.88. The van der Waals surface area contributed by atoms with E-state index in [1.807, 2.05) is 0 Å². The van der Waals surface area contributed by atoms with E-state index < -0.39 is 14.9 Å². The van der Waals surface area contributed by atoms with E-state index in [9.17, 15) is 18.5 Å². The molecule has 1 aliphatic rings. The lowest BCUT2D eigenvalue weighted by molar-refractivity contribution is -0.385. The van der Waals surface area contributed by atoms with Gasteiger partial charge in [0.2, 0.25) is 21.7 Å². The first-order valence-electron chi connectivity index (χ1n) is 9.19. The fourth-order valence-electron chi connectivity index (χ4n) is 3.39. The van der Waals surface area contributed by atoms with E-state index in [2.05, 4.69) is 10.1 Å². The molecule has 0 bridgehead atoms. The van der Waals surface area contributed by atoms with Gasteiger partial charge in [-0.25, -0.2) is 8.42 Å². The van der Waals surface area contributed by atoms with Crippen LogP contribution in [0.25, 0.3) is 11.4 Å². The van der Waals surface area contributed by atoms with Crippen molar-refractivity contribution >= 4 is 27.3 Å². The molecule has 30 heavy (non-hydrogen) atoms. The van der Waals surface area contributed by atoms with Crippen molar-refractivity contribution in [2.45, 2.75) is 23.7 Å². The van der Waals surface area contributed by atoms with Crippen LogP contribution in [0, 0.1) is 10.1 Å². The minimum Gasteiger partial charge on any atom is -0.339 e. The molecular formula is C19H17ClN4O5S. The van der Waals surface area contributed by atoms with Crippen LogP contribution < -0.4 is 0 Å². The normalized spacial score (nSPS) is 17.7. The molecule has 0 aliphatic carbocycles. The molecule has 1 fully saturated rings. The average Bonchev–Trinajstić information content (AvgIpc) is 3.25. The van der Waals surface area contributed by atoms with Crippen molar-refractivity contribution in [2.24, 2.45) is 0 Å². The predicted molar refractivity (Wildman–Crippen MR) is 109 cm³/mol. The van der Waals surface area contributed by atoms with Gasteiger partial charge >= 0.3 is 0 Å². The molecule has 2 heterocycles. The first kappa shape index (κ1) is 20.5. The quantitative estimate of drug-likeness (QED) is 0.429. The van der Waals surface area contributed by atoms with Gasteiger partial charge in [-0.2, -0.15) is 9.29 Å². The summed E-state index contributed by atoms with van der Waals surface area (Å²) in [6.07, 6.45) is 1.31. The van der Waals surface area contributed by atoms with Gasteiger partial charge in [-0.15, -0.1) is 0 Å². The van der Waals surface area contributed by atoms with E-state index in [4.69, 9.17) is 16.1 Å². The molecule has 1 aliphatic heterocycles. The van der Waals surface area contributed by atoms with Crippen LogP contribution in [0.4, 0.5) is 5.69 Å². The summed E-state index contributed by atoms with van der Waals surface area (Å²) in [6.45, 7) is 0.479. The number of sulfonamides is 1. The zero-order valence-corrected chi connectivity index (χ0v) is 17.2. The molecule has 0 radical (unpaired) electrons. The number of benzene rings is 2. The number of non-ortho nitro benzene ring substituents is 1. The van der Waals surface area contributed by atoms with E-state index >= 15 is 0 Å². The second-order valence-corrected chi connectivity index (χ2v) is 9.29. The molecular weight excluding hydrogens is 432 g/mol. The zero-order valence-electron chi connectivity index (χ0n) is 15.6. The molecule has 2 aromatic carbocycles. The Kier molecular flexibility index (Phi) is 5.54. The second kappa shape index (κ2) is 8.13. The monoisotopic (exact) mass is 448 g/mol. The fourth-order valence-corrected chi connectivity index (χ4v) is 5.08. The van der Waals surface area contributed by atoms with Gasteiger partial charge < -0.3 is 4.52 Å². The molecule has 1 saturated heterocycles. The minimum absolute atomic E-state index is 0.107. The molecule has 3 aromatic rings. The molecule has 1 atom stereocenters. The SMILES string of the molecule is O=[N+]([O-])c1cccc(S(=O)(=O)N2CCC[C@H](c3nc(-c4ccc(Cl)cc4)no3)C2)c1. The topological polar surface area (TPSA) is 119 Å². The third kappa shape index (κ3) is 4.07. The van der Waals surface area contributed by atoms with Crippen LogP contribution in [-0.4, -0.2) is 40.9 Å². The van der Waals surface area contributed by atoms with Gasteiger partial charge in [0.1, 0.15) is 0 Å². The number of hydrogen-bond acceptors (Lipinski definition) is 7. The van der Waals surface area contributed by atoms with Gasteiger partial charge in [-0.1, -0.05) is 22.8 Å². The highest BCUT2D eigenvalue weighted by molar-refractivity contribution is 7.89. The lowest BCUT2D eigenvalue weighted by Gasteiger charge is -2.30. The summed E-state index contributed by atoms with van der Waals surface area (Å²) in [4.78, 5) is 14.7. The van der Waals surface area contributed by atoms with E-state index in [0.717, 1.165) is 11.6 Å². The number of aromatic nitrogens is 2. The Morgan fingerprint density at radius 3 is 2.70 bits per heavy atom. The summed E-state index contributed by atoms with van der Waals surface area (Å²) < 4.78 is 32.8. The number of nitrogens with zero attached hydrogens (tertiary/aromatic N) is 4. The molecule has 0 N–H and O–H groups in total. The number of piperidine rings is 1. The van der Waals surface area contributed by atoms with Gasteiger partial charge in [-0.3, -0.25) is 10.1 Å². The van der Waals surface area contributed by atoms with Gasteiger partial charge in [0.25, 0.3) is 5.69 Å². The first-order chi connectivity index (χ1) is 14.3. The van der Waals surface area contributed by atoms with Gasteiger partial charge in [-0.05, 0) is 43.2 Å². The maximum Gasteiger partial charge on any atom is 0.270 e. The van der Waals surface area contributed by atoms with Gasteiger partial charge in [0, 0.05) is 35.8 Å². The highest BCUT2D eigenvalue weighted by atomic mass is 35.5. The maximum absolute atomic E-state index is 13.0. The molecule has 0 spiro atoms. The highest BCUT2D eigenvalue weighted by Gasteiger charge is 2.34. The van der Waals surface area contributed by atoms with Crippen molar-refractivity contribution in [1.29, 1.82) is 0 Å². The summed E-state index contributed by atoms with van der Waals surface area (Å²) in [6, 6.07) is 12.1. The molecule has 0 amide bonds. The van der Waals surface area contributed by atoms with Crippen LogP contribution in [0.1, 0.15) is 24.7 Å². The van der Waals surface area contributed by atoms with Gasteiger partial charge in [0.05, 0.1) is 15.7 Å².